The molecule has 0 aromatic rings. The van der Waals surface area contributed by atoms with Crippen LogP contribution in [-0.2, 0) is 4.74 Å². The number of hydrogen-bond donors (Lipinski definition) is 0. The molecule has 0 radical (unpaired) electrons. The Morgan fingerprint density at radius 1 is 0.590 bits per heavy atom. The van der Waals surface area contributed by atoms with Gasteiger partial charge in [-0.15, -0.1) is 0 Å². The van der Waals surface area contributed by atoms with Gasteiger partial charge in [-0.1, -0.05) is 147 Å². The first kappa shape index (κ1) is 37.5. The lowest BCUT2D eigenvalue weighted by molar-refractivity contribution is 0.260. The van der Waals surface area contributed by atoms with Crippen molar-refractivity contribution in [1.29, 1.82) is 10.5 Å². The Balaban J connectivity index is 4.80. The highest BCUT2D eigenvalue weighted by Crippen LogP contribution is 2.30. The molecule has 0 aromatic heterocycles. The Morgan fingerprint density at radius 3 is 1.64 bits per heavy atom. The Bertz CT molecular complexity index is 600. The van der Waals surface area contributed by atoms with E-state index in [1.807, 2.05) is 0 Å². The first-order valence-corrected chi connectivity index (χ1v) is 17.4. The van der Waals surface area contributed by atoms with Crippen molar-refractivity contribution in [1.82, 2.24) is 0 Å². The molecule has 0 aromatic carbocycles. The molecule has 1 atom stereocenters. The fourth-order valence-electron chi connectivity index (χ4n) is 5.75. The van der Waals surface area contributed by atoms with Gasteiger partial charge in [0, 0.05) is 6.42 Å². The highest BCUT2D eigenvalue weighted by atomic mass is 16.5. The summed E-state index contributed by atoms with van der Waals surface area (Å²) in [6.07, 6.45) is 40.9. The number of allylic oxidation sites excluding steroid dienone is 2. The summed E-state index contributed by atoms with van der Waals surface area (Å²) in [6.45, 7) is 5.20. The molecule has 0 aliphatic heterocycles. The van der Waals surface area contributed by atoms with Gasteiger partial charge in [-0.05, 0) is 57.3 Å². The third-order valence-corrected chi connectivity index (χ3v) is 8.26. The molecule has 3 nitrogen and oxygen atoms in total. The monoisotopic (exact) mass is 543 g/mol. The fourth-order valence-corrected chi connectivity index (χ4v) is 5.75. The average molecular weight is 543 g/mol. The Kier molecular flexibility index (Phi) is 31.5. The summed E-state index contributed by atoms with van der Waals surface area (Å²) in [6, 6.07) is 2.28. The Morgan fingerprint density at radius 2 is 1.08 bits per heavy atom. The van der Waals surface area contributed by atoms with Crippen LogP contribution < -0.4 is 0 Å². The number of nitrogens with zero attached hydrogens (tertiary/aromatic N) is 2. The molecule has 0 heterocycles. The zero-order valence-corrected chi connectivity index (χ0v) is 26.5. The number of nitriles is 2. The van der Waals surface area contributed by atoms with E-state index in [-0.39, 0.29) is 0 Å². The Labute approximate surface area is 245 Å². The van der Waals surface area contributed by atoms with Crippen LogP contribution in [0.3, 0.4) is 0 Å². The summed E-state index contributed by atoms with van der Waals surface area (Å²) in [5.74, 6) is 0.800. The molecule has 0 bridgehead atoms. The van der Waals surface area contributed by atoms with Gasteiger partial charge in [0.25, 0.3) is 6.26 Å². The van der Waals surface area contributed by atoms with Gasteiger partial charge < -0.3 is 4.74 Å². The topological polar surface area (TPSA) is 56.8 Å². The third kappa shape index (κ3) is 27.9. The van der Waals surface area contributed by atoms with Gasteiger partial charge in [-0.25, -0.2) is 0 Å². The maximum atomic E-state index is 8.74. The number of hydrogen-bond acceptors (Lipinski definition) is 3. The minimum atomic E-state index is 0.585. The van der Waals surface area contributed by atoms with Crippen molar-refractivity contribution in [3.63, 3.8) is 0 Å². The van der Waals surface area contributed by atoms with E-state index in [1.54, 1.807) is 11.8 Å². The molecule has 0 fully saturated rings. The van der Waals surface area contributed by atoms with Gasteiger partial charge >= 0.3 is 0 Å². The number of unbranched alkanes of at least 4 members (excludes halogenated alkanes) is 21. The van der Waals surface area contributed by atoms with E-state index >= 15 is 0 Å². The maximum absolute atomic E-state index is 8.74. The SMILES string of the molecule is CCCCCCC/C=C(/CCCCCCCCOC#N)C(CCCCCCCC)CCCCCCCCC#N. The lowest BCUT2D eigenvalue weighted by Crippen LogP contribution is -2.06. The summed E-state index contributed by atoms with van der Waals surface area (Å²) in [5.41, 5.74) is 1.80. The molecule has 39 heavy (non-hydrogen) atoms. The van der Waals surface area contributed by atoms with E-state index in [9.17, 15) is 0 Å². The van der Waals surface area contributed by atoms with Crippen LogP contribution in [0, 0.1) is 28.8 Å². The predicted molar refractivity (Wildman–Crippen MR) is 169 cm³/mol. The van der Waals surface area contributed by atoms with E-state index in [0.29, 0.717) is 6.61 Å². The largest absolute Gasteiger partial charge is 0.428 e. The summed E-state index contributed by atoms with van der Waals surface area (Å²) >= 11 is 0. The van der Waals surface area contributed by atoms with Crippen LogP contribution in [0.25, 0.3) is 0 Å². The van der Waals surface area contributed by atoms with E-state index < -0.39 is 0 Å². The van der Waals surface area contributed by atoms with Gasteiger partial charge in [0.1, 0.15) is 6.61 Å². The minimum Gasteiger partial charge on any atom is -0.428 e. The maximum Gasteiger partial charge on any atom is 0.286 e. The van der Waals surface area contributed by atoms with Gasteiger partial charge in [-0.2, -0.15) is 10.5 Å². The number of ether oxygens (including phenoxy) is 1. The van der Waals surface area contributed by atoms with E-state index in [0.717, 1.165) is 25.2 Å². The van der Waals surface area contributed by atoms with Gasteiger partial charge in [0.2, 0.25) is 0 Å². The molecule has 1 unspecified atom stereocenters. The molecule has 0 saturated heterocycles. The van der Waals surface area contributed by atoms with Crippen LogP contribution in [0.1, 0.15) is 194 Å². The molecule has 0 saturated carbocycles. The molecule has 0 spiro atoms. The third-order valence-electron chi connectivity index (χ3n) is 8.26. The van der Waals surface area contributed by atoms with Crippen molar-refractivity contribution in [3.8, 4) is 12.3 Å². The molecular weight excluding hydrogens is 476 g/mol. The van der Waals surface area contributed by atoms with Crippen LogP contribution >= 0.6 is 0 Å². The van der Waals surface area contributed by atoms with Crippen LogP contribution in [0.4, 0.5) is 0 Å². The van der Waals surface area contributed by atoms with Crippen molar-refractivity contribution in [2.24, 2.45) is 5.92 Å². The first-order valence-electron chi connectivity index (χ1n) is 17.4. The number of rotatable bonds is 31. The molecule has 226 valence electrons. The molecule has 0 amide bonds. The lowest BCUT2D eigenvalue weighted by Gasteiger charge is -2.22. The van der Waals surface area contributed by atoms with E-state index in [2.05, 4.69) is 26.0 Å². The van der Waals surface area contributed by atoms with Crippen LogP contribution in [0.15, 0.2) is 11.6 Å². The minimum absolute atomic E-state index is 0.585. The van der Waals surface area contributed by atoms with E-state index in [4.69, 9.17) is 15.3 Å². The second-order valence-corrected chi connectivity index (χ2v) is 11.9. The summed E-state index contributed by atoms with van der Waals surface area (Å²) < 4.78 is 4.80. The van der Waals surface area contributed by atoms with Crippen molar-refractivity contribution in [2.75, 3.05) is 6.61 Å². The second-order valence-electron chi connectivity index (χ2n) is 11.9. The highest BCUT2D eigenvalue weighted by Gasteiger charge is 2.14. The normalized spacial score (nSPS) is 12.3. The highest BCUT2D eigenvalue weighted by molar-refractivity contribution is 5.07. The van der Waals surface area contributed by atoms with Gasteiger partial charge in [-0.3, -0.25) is 0 Å². The summed E-state index contributed by atoms with van der Waals surface area (Å²) in [7, 11) is 0. The first-order chi connectivity index (χ1) is 19.3. The zero-order valence-electron chi connectivity index (χ0n) is 26.5. The quantitative estimate of drug-likeness (QED) is 0.0497. The van der Waals surface area contributed by atoms with Crippen LogP contribution in [-0.4, -0.2) is 6.61 Å². The predicted octanol–water partition coefficient (Wildman–Crippen LogP) is 12.5. The molecule has 0 aliphatic carbocycles. The smallest absolute Gasteiger partial charge is 0.286 e. The summed E-state index contributed by atoms with van der Waals surface area (Å²) in [5, 5.41) is 17.2. The van der Waals surface area contributed by atoms with Gasteiger partial charge in [0.15, 0.2) is 0 Å². The summed E-state index contributed by atoms with van der Waals surface area (Å²) in [4.78, 5) is 0. The average Bonchev–Trinajstić information content (AvgIpc) is 2.95. The Hall–Kier alpha value is -1.48. The molecular formula is C36H66N2O. The second kappa shape index (κ2) is 32.7. The van der Waals surface area contributed by atoms with E-state index in [1.165, 1.54) is 161 Å². The van der Waals surface area contributed by atoms with Crippen LogP contribution in [0.5, 0.6) is 0 Å². The van der Waals surface area contributed by atoms with Crippen molar-refractivity contribution in [2.45, 2.75) is 194 Å². The molecule has 0 aliphatic rings. The van der Waals surface area contributed by atoms with Crippen molar-refractivity contribution >= 4 is 0 Å². The standard InChI is InChI=1S/C36H66N2O/c1-3-5-7-9-16-22-28-35(30-24-18-12-11-14-20-26-32-37)36(29-23-17-10-8-6-4-2)31-25-19-13-15-21-27-33-39-34-38/h29,35H,3-28,30-31,33H2,1-2H3/b36-29-. The van der Waals surface area contributed by atoms with Crippen molar-refractivity contribution < 1.29 is 4.74 Å². The zero-order chi connectivity index (χ0) is 28.5. The molecule has 0 N–H and O–H groups in total. The van der Waals surface area contributed by atoms with Gasteiger partial charge in [0.05, 0.1) is 6.07 Å². The lowest BCUT2D eigenvalue weighted by atomic mass is 9.84. The van der Waals surface area contributed by atoms with Crippen molar-refractivity contribution in [3.05, 3.63) is 11.6 Å². The molecule has 0 rings (SSSR count). The molecule has 3 heteroatoms. The fraction of sp³-hybridized carbons (Fsp3) is 0.889. The van der Waals surface area contributed by atoms with Crippen LogP contribution in [0.2, 0.25) is 0 Å².